The lowest BCUT2D eigenvalue weighted by atomic mass is 10.1. The molecule has 1 aliphatic heterocycles. The van der Waals surface area contributed by atoms with Gasteiger partial charge in [-0.1, -0.05) is 6.07 Å². The second kappa shape index (κ2) is 6.85. The number of sulfone groups is 1. The molecule has 0 saturated carbocycles. The number of piperidine rings is 1. The maximum Gasteiger partial charge on any atom is 0.240 e. The van der Waals surface area contributed by atoms with Crippen LogP contribution in [0.15, 0.2) is 56.1 Å². The first-order chi connectivity index (χ1) is 12.6. The normalized spacial score (nSPS) is 15.3. The van der Waals surface area contributed by atoms with Gasteiger partial charge < -0.3 is 9.32 Å². The third-order valence-electron chi connectivity index (χ3n) is 4.33. The molecule has 1 aliphatic rings. The molecule has 26 heavy (non-hydrogen) atoms. The van der Waals surface area contributed by atoms with E-state index in [9.17, 15) is 12.8 Å². The summed E-state index contributed by atoms with van der Waals surface area (Å²) in [6, 6.07) is 8.47. The Labute approximate surface area is 155 Å². The highest BCUT2D eigenvalue weighted by molar-refractivity contribution is 7.91. The number of benzene rings is 1. The Kier molecular flexibility index (Phi) is 4.54. The molecule has 2 aromatic heterocycles. The van der Waals surface area contributed by atoms with Crippen molar-refractivity contribution in [2.24, 2.45) is 0 Å². The Morgan fingerprint density at radius 3 is 2.46 bits per heavy atom. The lowest BCUT2D eigenvalue weighted by Gasteiger charge is -2.26. The minimum absolute atomic E-state index is 0.00295. The van der Waals surface area contributed by atoms with Crippen LogP contribution >= 0.6 is 11.3 Å². The fourth-order valence-corrected chi connectivity index (χ4v) is 4.97. The van der Waals surface area contributed by atoms with Crippen molar-refractivity contribution in [1.29, 1.82) is 0 Å². The van der Waals surface area contributed by atoms with E-state index in [1.165, 1.54) is 23.5 Å². The molecule has 0 atom stereocenters. The molecule has 3 aromatic rings. The smallest absolute Gasteiger partial charge is 0.240 e. The van der Waals surface area contributed by atoms with Crippen LogP contribution in [0.1, 0.15) is 19.3 Å². The summed E-state index contributed by atoms with van der Waals surface area (Å²) in [6.45, 7) is 1.45. The van der Waals surface area contributed by atoms with Crippen LogP contribution in [0.2, 0.25) is 0 Å². The molecule has 8 heteroatoms. The van der Waals surface area contributed by atoms with Crippen molar-refractivity contribution in [3.63, 3.8) is 0 Å². The van der Waals surface area contributed by atoms with Gasteiger partial charge in [0, 0.05) is 13.1 Å². The number of thiophene rings is 1. The summed E-state index contributed by atoms with van der Waals surface area (Å²) in [4.78, 5) is 7.02. The van der Waals surface area contributed by atoms with Gasteiger partial charge in [0.2, 0.25) is 26.6 Å². The number of hydrogen-bond acceptors (Lipinski definition) is 6. The zero-order chi connectivity index (χ0) is 18.1. The molecular formula is C18H17FN2O3S2. The monoisotopic (exact) mass is 392 g/mol. The topological polar surface area (TPSA) is 63.4 Å². The number of oxazole rings is 1. The summed E-state index contributed by atoms with van der Waals surface area (Å²) >= 11 is 1.43. The van der Waals surface area contributed by atoms with E-state index in [1.807, 2.05) is 22.4 Å². The summed E-state index contributed by atoms with van der Waals surface area (Å²) in [6.07, 6.45) is 3.07. The van der Waals surface area contributed by atoms with Crippen LogP contribution in [0.25, 0.3) is 10.8 Å². The lowest BCUT2D eigenvalue weighted by molar-refractivity contribution is 0.499. The number of halogens is 1. The van der Waals surface area contributed by atoms with Crippen molar-refractivity contribution in [1.82, 2.24) is 4.98 Å². The Morgan fingerprint density at radius 1 is 1.08 bits per heavy atom. The predicted molar refractivity (Wildman–Crippen MR) is 97.7 cm³/mol. The van der Waals surface area contributed by atoms with E-state index >= 15 is 0 Å². The van der Waals surface area contributed by atoms with E-state index in [2.05, 4.69) is 4.98 Å². The number of rotatable bonds is 4. The van der Waals surface area contributed by atoms with Crippen molar-refractivity contribution in [2.45, 2.75) is 29.2 Å². The summed E-state index contributed by atoms with van der Waals surface area (Å²) < 4.78 is 45.4. The zero-order valence-electron chi connectivity index (χ0n) is 13.9. The molecule has 136 valence electrons. The number of hydrogen-bond donors (Lipinski definition) is 0. The largest absolute Gasteiger partial charge is 0.418 e. The SMILES string of the molecule is O=S(=O)(c1ccc(F)cc1)c1nc(-c2cccs2)oc1N1CCCCC1. The van der Waals surface area contributed by atoms with E-state index in [1.54, 1.807) is 0 Å². The van der Waals surface area contributed by atoms with Gasteiger partial charge >= 0.3 is 0 Å². The number of aromatic nitrogens is 1. The van der Waals surface area contributed by atoms with Gasteiger partial charge in [-0.3, -0.25) is 0 Å². The number of nitrogens with zero attached hydrogens (tertiary/aromatic N) is 2. The van der Waals surface area contributed by atoms with Crippen LogP contribution in [0, 0.1) is 5.82 Å². The lowest BCUT2D eigenvalue weighted by Crippen LogP contribution is -2.30. The Balaban J connectivity index is 1.84. The van der Waals surface area contributed by atoms with E-state index in [4.69, 9.17) is 4.42 Å². The fraction of sp³-hybridized carbons (Fsp3) is 0.278. The highest BCUT2D eigenvalue weighted by atomic mass is 32.2. The summed E-state index contributed by atoms with van der Waals surface area (Å²) in [5, 5.41) is 1.78. The quantitative estimate of drug-likeness (QED) is 0.617. The minimum atomic E-state index is -3.91. The Morgan fingerprint density at radius 2 is 1.81 bits per heavy atom. The predicted octanol–water partition coefficient (Wildman–Crippen LogP) is 4.37. The van der Waals surface area contributed by atoms with Gasteiger partial charge in [0.25, 0.3) is 0 Å². The van der Waals surface area contributed by atoms with Gasteiger partial charge in [0.15, 0.2) is 0 Å². The van der Waals surface area contributed by atoms with Crippen molar-refractivity contribution >= 4 is 27.1 Å². The van der Waals surface area contributed by atoms with Crippen molar-refractivity contribution < 1.29 is 17.2 Å². The molecule has 0 amide bonds. The Hall–Kier alpha value is -2.19. The standard InChI is InChI=1S/C18H17FN2O3S2/c19-13-6-8-14(9-7-13)26(22,23)17-18(21-10-2-1-3-11-21)24-16(20-17)15-5-4-12-25-15/h4-9,12H,1-3,10-11H2. The highest BCUT2D eigenvalue weighted by Gasteiger charge is 2.32. The van der Waals surface area contributed by atoms with Gasteiger partial charge in [-0.2, -0.15) is 4.98 Å². The third kappa shape index (κ3) is 3.14. The van der Waals surface area contributed by atoms with Gasteiger partial charge in [0.05, 0.1) is 9.77 Å². The van der Waals surface area contributed by atoms with E-state index in [0.717, 1.165) is 49.4 Å². The molecule has 0 unspecified atom stereocenters. The van der Waals surface area contributed by atoms with Gasteiger partial charge in [0.1, 0.15) is 5.82 Å². The fourth-order valence-electron chi connectivity index (χ4n) is 3.00. The second-order valence-electron chi connectivity index (χ2n) is 6.11. The first kappa shape index (κ1) is 17.2. The number of anilines is 1. The van der Waals surface area contributed by atoms with Crippen molar-refractivity contribution in [2.75, 3.05) is 18.0 Å². The first-order valence-electron chi connectivity index (χ1n) is 8.36. The van der Waals surface area contributed by atoms with Gasteiger partial charge in [-0.15, -0.1) is 11.3 Å². The molecule has 0 bridgehead atoms. The summed E-state index contributed by atoms with van der Waals surface area (Å²) in [5.74, 6) is 0.0818. The second-order valence-corrected chi connectivity index (χ2v) is 8.92. The van der Waals surface area contributed by atoms with E-state index in [0.29, 0.717) is 5.89 Å². The van der Waals surface area contributed by atoms with E-state index < -0.39 is 15.7 Å². The summed E-state index contributed by atoms with van der Waals surface area (Å²) in [7, 11) is -3.91. The molecule has 1 fully saturated rings. The maximum atomic E-state index is 13.2. The molecular weight excluding hydrogens is 375 g/mol. The van der Waals surface area contributed by atoms with Gasteiger partial charge in [-0.25, -0.2) is 12.8 Å². The Bertz CT molecular complexity index is 990. The molecule has 5 nitrogen and oxygen atoms in total. The van der Waals surface area contributed by atoms with Crippen LogP contribution < -0.4 is 4.90 Å². The molecule has 4 rings (SSSR count). The zero-order valence-corrected chi connectivity index (χ0v) is 15.5. The highest BCUT2D eigenvalue weighted by Crippen LogP contribution is 2.37. The van der Waals surface area contributed by atoms with Crippen LogP contribution in [-0.2, 0) is 9.84 Å². The summed E-state index contributed by atoms with van der Waals surface area (Å²) in [5.41, 5.74) is 0. The average molecular weight is 392 g/mol. The minimum Gasteiger partial charge on any atom is -0.418 e. The molecule has 0 aliphatic carbocycles. The molecule has 0 radical (unpaired) electrons. The van der Waals surface area contributed by atoms with Crippen molar-refractivity contribution in [3.05, 3.63) is 47.6 Å². The maximum absolute atomic E-state index is 13.2. The molecule has 1 aromatic carbocycles. The van der Waals surface area contributed by atoms with Crippen LogP contribution in [0.5, 0.6) is 0 Å². The third-order valence-corrected chi connectivity index (χ3v) is 6.86. The van der Waals surface area contributed by atoms with Crippen LogP contribution in [-0.4, -0.2) is 26.5 Å². The van der Waals surface area contributed by atoms with E-state index in [-0.39, 0.29) is 15.8 Å². The molecule has 3 heterocycles. The molecule has 1 saturated heterocycles. The molecule has 0 spiro atoms. The van der Waals surface area contributed by atoms with Crippen molar-refractivity contribution in [3.8, 4) is 10.8 Å². The van der Waals surface area contributed by atoms with Gasteiger partial charge in [-0.05, 0) is 55.0 Å². The van der Waals surface area contributed by atoms with Crippen LogP contribution in [0.3, 0.4) is 0 Å². The first-order valence-corrected chi connectivity index (χ1v) is 10.7. The van der Waals surface area contributed by atoms with Crippen LogP contribution in [0.4, 0.5) is 10.3 Å². The average Bonchev–Trinajstić information content (AvgIpc) is 3.33. The molecule has 0 N–H and O–H groups in total.